The van der Waals surface area contributed by atoms with Gasteiger partial charge < -0.3 is 20.2 Å². The lowest BCUT2D eigenvalue weighted by Crippen LogP contribution is -2.29. The van der Waals surface area contributed by atoms with Crippen molar-refractivity contribution in [2.24, 2.45) is 5.41 Å². The summed E-state index contributed by atoms with van der Waals surface area (Å²) in [5.41, 5.74) is 2.84. The first-order chi connectivity index (χ1) is 17.0. The number of nitrogens with zero attached hydrogens (tertiary/aromatic N) is 6. The van der Waals surface area contributed by atoms with Crippen LogP contribution in [-0.2, 0) is 0 Å². The number of aromatic nitrogens is 4. The number of allylic oxidation sites excluding steroid dienone is 1. The zero-order chi connectivity index (χ0) is 26.0. The maximum absolute atomic E-state index is 12.9. The highest BCUT2D eigenvalue weighted by molar-refractivity contribution is 6.09. The predicted octanol–water partition coefficient (Wildman–Crippen LogP) is 4.29. The van der Waals surface area contributed by atoms with Crippen molar-refractivity contribution < 1.29 is 9.90 Å². The third-order valence-electron chi connectivity index (χ3n) is 6.18. The van der Waals surface area contributed by atoms with Gasteiger partial charge in [-0.1, -0.05) is 26.8 Å². The van der Waals surface area contributed by atoms with E-state index in [2.05, 4.69) is 25.2 Å². The number of aryl methyl sites for hydroxylation is 1. The van der Waals surface area contributed by atoms with Gasteiger partial charge in [0, 0.05) is 42.9 Å². The van der Waals surface area contributed by atoms with Gasteiger partial charge in [0.1, 0.15) is 29.0 Å². The minimum absolute atomic E-state index is 0.0167. The van der Waals surface area contributed by atoms with Gasteiger partial charge in [-0.25, -0.2) is 19.9 Å². The zero-order valence-corrected chi connectivity index (χ0v) is 21.3. The Bertz CT molecular complexity index is 1340. The van der Waals surface area contributed by atoms with E-state index >= 15 is 0 Å². The number of aliphatic hydroxyl groups is 1. The molecule has 10 heteroatoms. The second kappa shape index (κ2) is 9.88. The number of hydrogen-bond acceptors (Lipinski definition) is 9. The van der Waals surface area contributed by atoms with Crippen LogP contribution >= 0.6 is 0 Å². The summed E-state index contributed by atoms with van der Waals surface area (Å²) in [5.74, 6) is 0.659. The van der Waals surface area contributed by atoms with E-state index in [9.17, 15) is 9.90 Å². The molecule has 3 heterocycles. The number of carbonyl (C=O) groups excluding carboxylic acids is 1. The Balaban J connectivity index is 1.63. The van der Waals surface area contributed by atoms with Crippen molar-refractivity contribution >= 4 is 40.2 Å². The number of fused-ring (bicyclic) bond motifs is 1. The molecule has 1 aliphatic heterocycles. The molecule has 3 aromatic rings. The number of aliphatic hydroxyl groups excluding tert-OH is 1. The summed E-state index contributed by atoms with van der Waals surface area (Å²) in [4.78, 5) is 35.0. The first-order valence-corrected chi connectivity index (χ1v) is 11.9. The summed E-state index contributed by atoms with van der Waals surface area (Å²) in [6.07, 6.45) is 6.70. The Hall–Kier alpha value is -4.08. The highest BCUT2D eigenvalue weighted by Gasteiger charge is 2.21. The second-order valence-electron chi connectivity index (χ2n) is 10.0. The molecule has 1 aromatic carbocycles. The molecule has 0 saturated carbocycles. The number of hydrogen-bond donors (Lipinski definition) is 3. The largest absolute Gasteiger partial charge is 0.512 e. The van der Waals surface area contributed by atoms with Gasteiger partial charge in [-0.05, 0) is 37.5 Å². The summed E-state index contributed by atoms with van der Waals surface area (Å²) >= 11 is 0. The molecule has 10 nitrogen and oxygen atoms in total. The number of amidine groups is 1. The van der Waals surface area contributed by atoms with Gasteiger partial charge in [0.25, 0.3) is 5.91 Å². The molecular formula is C26H32N8O2. The van der Waals surface area contributed by atoms with Gasteiger partial charge in [0.2, 0.25) is 5.95 Å². The van der Waals surface area contributed by atoms with Crippen LogP contribution in [0.2, 0.25) is 0 Å². The lowest BCUT2D eigenvalue weighted by molar-refractivity contribution is 0.0977. The molecule has 1 saturated heterocycles. The molecular weight excluding hydrogens is 456 g/mol. The van der Waals surface area contributed by atoms with Crippen molar-refractivity contribution in [1.29, 1.82) is 5.41 Å². The number of nitrogens with one attached hydrogen (secondary N) is 2. The molecule has 188 valence electrons. The lowest BCUT2D eigenvalue weighted by atomic mass is 9.93. The molecule has 0 bridgehead atoms. The van der Waals surface area contributed by atoms with Crippen LogP contribution in [-0.4, -0.2) is 56.9 Å². The highest BCUT2D eigenvalue weighted by Crippen LogP contribution is 2.31. The zero-order valence-electron chi connectivity index (χ0n) is 21.3. The van der Waals surface area contributed by atoms with E-state index in [1.807, 2.05) is 45.7 Å². The minimum Gasteiger partial charge on any atom is -0.512 e. The van der Waals surface area contributed by atoms with Gasteiger partial charge in [-0.15, -0.1) is 0 Å². The average molecular weight is 489 g/mol. The van der Waals surface area contributed by atoms with Gasteiger partial charge in [-0.3, -0.25) is 10.2 Å². The molecule has 3 N–H and O–H groups in total. The molecule has 1 aliphatic rings. The van der Waals surface area contributed by atoms with Crippen LogP contribution in [0.4, 0.5) is 17.5 Å². The monoisotopic (exact) mass is 488 g/mol. The number of amides is 1. The third-order valence-corrected chi connectivity index (χ3v) is 6.18. The quantitative estimate of drug-likeness (QED) is 0.275. The van der Waals surface area contributed by atoms with Crippen LogP contribution in [0.1, 0.15) is 49.5 Å². The van der Waals surface area contributed by atoms with Crippen molar-refractivity contribution in [3.63, 3.8) is 0 Å². The molecule has 1 amide bonds. The smallest absolute Gasteiger partial charge is 0.256 e. The molecule has 0 aliphatic carbocycles. The van der Waals surface area contributed by atoms with Gasteiger partial charge in [0.15, 0.2) is 5.82 Å². The van der Waals surface area contributed by atoms with E-state index in [0.29, 0.717) is 28.4 Å². The first-order valence-electron chi connectivity index (χ1n) is 11.9. The van der Waals surface area contributed by atoms with Crippen LogP contribution in [0, 0.1) is 17.7 Å². The molecule has 36 heavy (non-hydrogen) atoms. The van der Waals surface area contributed by atoms with Crippen molar-refractivity contribution in [2.75, 3.05) is 29.9 Å². The summed E-state index contributed by atoms with van der Waals surface area (Å²) in [5, 5.41) is 20.7. The predicted molar refractivity (Wildman–Crippen MR) is 141 cm³/mol. The summed E-state index contributed by atoms with van der Waals surface area (Å²) < 4.78 is 0. The fraction of sp³-hybridized carbons (Fsp3) is 0.385. The van der Waals surface area contributed by atoms with Crippen LogP contribution in [0.3, 0.4) is 0 Å². The number of benzene rings is 1. The van der Waals surface area contributed by atoms with E-state index < -0.39 is 11.3 Å². The minimum atomic E-state index is -0.519. The fourth-order valence-corrected chi connectivity index (χ4v) is 3.96. The van der Waals surface area contributed by atoms with Crippen molar-refractivity contribution in [3.05, 3.63) is 53.7 Å². The fourth-order valence-electron chi connectivity index (χ4n) is 3.96. The molecule has 0 atom stereocenters. The Morgan fingerprint density at radius 1 is 1.19 bits per heavy atom. The maximum Gasteiger partial charge on any atom is 0.256 e. The summed E-state index contributed by atoms with van der Waals surface area (Å²) in [7, 11) is 1.87. The van der Waals surface area contributed by atoms with Crippen molar-refractivity contribution in [2.45, 2.75) is 40.5 Å². The SMILES string of the molecule is Cc1ccc(C(=O)NC(=N)/C=C(\O)C(C)(C)C)cc1N(C)c1ncnc2cnc(N3CCCC3)nc12. The van der Waals surface area contributed by atoms with Crippen LogP contribution in [0.5, 0.6) is 0 Å². The normalized spacial score (nSPS) is 14.2. The van der Waals surface area contributed by atoms with E-state index in [4.69, 9.17) is 10.4 Å². The van der Waals surface area contributed by atoms with E-state index in [-0.39, 0.29) is 11.6 Å². The molecule has 0 spiro atoms. The number of anilines is 3. The Morgan fingerprint density at radius 2 is 1.92 bits per heavy atom. The molecule has 0 radical (unpaired) electrons. The highest BCUT2D eigenvalue weighted by atomic mass is 16.3. The van der Waals surface area contributed by atoms with E-state index in [0.717, 1.165) is 37.2 Å². The Morgan fingerprint density at radius 3 is 2.61 bits per heavy atom. The number of carbonyl (C=O) groups is 1. The standard InChI is InChI=1S/C26H32N8O2/c1-16-8-9-17(24(36)31-21(27)13-20(35)26(2,3)4)12-19(16)33(5)23-22-18(29-15-30-23)14-28-25(32-22)34-10-6-7-11-34/h8-9,12-15,35H,6-7,10-11H2,1-5H3,(H2,27,31,36)/b20-13-. The Labute approximate surface area is 210 Å². The van der Waals surface area contributed by atoms with Crippen LogP contribution < -0.4 is 15.1 Å². The molecule has 4 rings (SSSR count). The first kappa shape index (κ1) is 25.0. The van der Waals surface area contributed by atoms with E-state index in [1.165, 1.54) is 12.4 Å². The third kappa shape index (κ3) is 5.27. The van der Waals surface area contributed by atoms with Crippen LogP contribution in [0.25, 0.3) is 11.0 Å². The van der Waals surface area contributed by atoms with Crippen molar-refractivity contribution in [1.82, 2.24) is 25.3 Å². The van der Waals surface area contributed by atoms with E-state index in [1.54, 1.807) is 18.3 Å². The summed E-state index contributed by atoms with van der Waals surface area (Å²) in [6.45, 7) is 9.29. The molecule has 2 aromatic heterocycles. The number of rotatable bonds is 5. The summed E-state index contributed by atoms with van der Waals surface area (Å²) in [6, 6.07) is 5.30. The van der Waals surface area contributed by atoms with Gasteiger partial charge in [0.05, 0.1) is 6.20 Å². The maximum atomic E-state index is 12.9. The van der Waals surface area contributed by atoms with Gasteiger partial charge >= 0.3 is 0 Å². The van der Waals surface area contributed by atoms with Crippen LogP contribution in [0.15, 0.2) is 42.6 Å². The lowest BCUT2D eigenvalue weighted by Gasteiger charge is -2.23. The second-order valence-corrected chi connectivity index (χ2v) is 10.0. The molecule has 1 fully saturated rings. The molecule has 0 unspecified atom stereocenters. The topological polar surface area (TPSA) is 131 Å². The van der Waals surface area contributed by atoms with Crippen molar-refractivity contribution in [3.8, 4) is 0 Å². The van der Waals surface area contributed by atoms with Gasteiger partial charge in [-0.2, -0.15) is 0 Å². The Kier molecular flexibility index (Phi) is 6.87. The average Bonchev–Trinajstić information content (AvgIpc) is 3.37.